The van der Waals surface area contributed by atoms with Gasteiger partial charge < -0.3 is 54.3 Å². The molecule has 54 heavy (non-hydrogen) atoms. The smallest absolute Gasteiger partial charge is 0.337 e. The van der Waals surface area contributed by atoms with Gasteiger partial charge in [0, 0.05) is 24.2 Å². The molecule has 0 unspecified atom stereocenters. The number of fused-ring (bicyclic) bond motifs is 5. The zero-order valence-corrected chi connectivity index (χ0v) is 32.6. The van der Waals surface area contributed by atoms with Crippen molar-refractivity contribution < 1.29 is 68.7 Å². The van der Waals surface area contributed by atoms with Gasteiger partial charge in [0.05, 0.1) is 19.3 Å². The molecule has 2 aliphatic heterocycles. The lowest BCUT2D eigenvalue weighted by Gasteiger charge is -2.60. The van der Waals surface area contributed by atoms with Gasteiger partial charge in [0.15, 0.2) is 24.4 Å². The summed E-state index contributed by atoms with van der Waals surface area (Å²) in [6.07, 6.45) is -9.41. The summed E-state index contributed by atoms with van der Waals surface area (Å²) in [6.45, 7) is 11.9. The van der Waals surface area contributed by atoms with Gasteiger partial charge in [-0.2, -0.15) is 0 Å². The number of hydrogen-bond donors (Lipinski definition) is 6. The molecule has 18 atom stereocenters. The van der Waals surface area contributed by atoms with Crippen LogP contribution in [0, 0.1) is 46.3 Å². The van der Waals surface area contributed by atoms with E-state index in [1.165, 1.54) is 6.92 Å². The molecule has 0 aromatic heterocycles. The summed E-state index contributed by atoms with van der Waals surface area (Å²) in [5.74, 6) is -0.767. The van der Waals surface area contributed by atoms with Gasteiger partial charge in [0.2, 0.25) is 5.78 Å². The van der Waals surface area contributed by atoms with E-state index >= 15 is 0 Å². The standard InChI is InChI=1S/C40H62O14/c1-17(2)14-21(41)15-18(3)25-28(43)29(44)26-23-9-8-20-16-22(10-12-39(20,5)24(23)11-13-40(25,26)6)52-38-33(48)31(46)34(35(54-38)36(49)50-7)53-37-32(47)30(45)27(42)19(4)51-37/h17-20,22-24,26-27,30-35,37-38,42-43,45-48H,8-16H2,1-7H3/t18-,19+,20+,22+,23-,24+,26+,27+,30-,31-,32-,33-,34+,35+,37+,38-,39+,40-/m1/s1. The van der Waals surface area contributed by atoms with Gasteiger partial charge in [0.1, 0.15) is 42.4 Å². The Morgan fingerprint density at radius 1 is 0.852 bits per heavy atom. The highest BCUT2D eigenvalue weighted by atomic mass is 16.7. The quantitative estimate of drug-likeness (QED) is 0.139. The van der Waals surface area contributed by atoms with Crippen LogP contribution >= 0.6 is 0 Å². The van der Waals surface area contributed by atoms with Crippen molar-refractivity contribution >= 4 is 17.5 Å². The Bertz CT molecular complexity index is 1450. The van der Waals surface area contributed by atoms with Crippen molar-refractivity contribution in [1.29, 1.82) is 0 Å². The third-order valence-electron chi connectivity index (χ3n) is 14.2. The number of hydrogen-bond acceptors (Lipinski definition) is 14. The van der Waals surface area contributed by atoms with E-state index in [0.717, 1.165) is 44.8 Å². The Kier molecular flexibility index (Phi) is 12.1. The summed E-state index contributed by atoms with van der Waals surface area (Å²) in [5.41, 5.74) is 0.171. The number of aliphatic hydroxyl groups excluding tert-OH is 6. The molecule has 6 aliphatic rings. The van der Waals surface area contributed by atoms with E-state index in [9.17, 15) is 45.0 Å². The highest BCUT2D eigenvalue weighted by Crippen LogP contribution is 2.67. The number of methoxy groups -OCH3 is 1. The number of aliphatic hydroxyl groups is 6. The van der Waals surface area contributed by atoms with Crippen LogP contribution in [0.5, 0.6) is 0 Å². The molecule has 4 aliphatic carbocycles. The van der Waals surface area contributed by atoms with E-state index in [-0.39, 0.29) is 64.4 Å². The zero-order valence-electron chi connectivity index (χ0n) is 32.6. The van der Waals surface area contributed by atoms with Gasteiger partial charge in [-0.1, -0.05) is 34.6 Å². The van der Waals surface area contributed by atoms with Crippen molar-refractivity contribution in [3.8, 4) is 0 Å². The van der Waals surface area contributed by atoms with Gasteiger partial charge in [0.25, 0.3) is 0 Å². The maximum absolute atomic E-state index is 13.9. The Labute approximate surface area is 317 Å². The molecule has 14 nitrogen and oxygen atoms in total. The molecule has 5 fully saturated rings. The number of carbonyl (C=O) groups is 3. The molecule has 0 amide bonds. The van der Waals surface area contributed by atoms with Crippen LogP contribution in [0.3, 0.4) is 0 Å². The van der Waals surface area contributed by atoms with Crippen LogP contribution in [0.2, 0.25) is 0 Å². The lowest BCUT2D eigenvalue weighted by atomic mass is 9.44. The second kappa shape index (κ2) is 15.7. The molecular formula is C40H62O14. The maximum atomic E-state index is 13.9. The fourth-order valence-electron chi connectivity index (χ4n) is 11.5. The highest BCUT2D eigenvalue weighted by molar-refractivity contribution is 6.00. The number of ketones is 2. The molecule has 0 spiro atoms. The first-order valence-electron chi connectivity index (χ1n) is 19.9. The Hall–Kier alpha value is -2.01. The molecular weight excluding hydrogens is 704 g/mol. The highest BCUT2D eigenvalue weighted by Gasteiger charge is 2.64. The first kappa shape index (κ1) is 41.6. The second-order valence-corrected chi connectivity index (χ2v) is 18.1. The minimum Gasteiger partial charge on any atom is -0.504 e. The summed E-state index contributed by atoms with van der Waals surface area (Å²) in [4.78, 5) is 39.6. The number of ether oxygens (including phenoxy) is 5. The number of carbonyl (C=O) groups excluding carboxylic acids is 3. The summed E-state index contributed by atoms with van der Waals surface area (Å²) < 4.78 is 28.4. The van der Waals surface area contributed by atoms with Crippen LogP contribution in [0.4, 0.5) is 0 Å². The Morgan fingerprint density at radius 2 is 1.52 bits per heavy atom. The van der Waals surface area contributed by atoms with E-state index in [2.05, 4.69) is 13.8 Å². The number of Topliss-reactive ketones (excluding diaryl/α,β-unsaturated/α-hetero) is 2. The van der Waals surface area contributed by atoms with Gasteiger partial charge in [-0.25, -0.2) is 4.79 Å². The lowest BCUT2D eigenvalue weighted by Crippen LogP contribution is -2.65. The summed E-state index contributed by atoms with van der Waals surface area (Å²) >= 11 is 0. The molecule has 306 valence electrons. The summed E-state index contributed by atoms with van der Waals surface area (Å²) in [6, 6.07) is 0. The van der Waals surface area contributed by atoms with Crippen molar-refractivity contribution in [3.63, 3.8) is 0 Å². The predicted molar refractivity (Wildman–Crippen MR) is 190 cm³/mol. The van der Waals surface area contributed by atoms with Crippen LogP contribution < -0.4 is 0 Å². The normalized spacial score (nSPS) is 47.1. The molecule has 0 aromatic carbocycles. The van der Waals surface area contributed by atoms with Gasteiger partial charge in [-0.3, -0.25) is 9.59 Å². The first-order valence-corrected chi connectivity index (χ1v) is 19.9. The molecule has 0 bridgehead atoms. The van der Waals surface area contributed by atoms with E-state index in [1.807, 2.05) is 20.8 Å². The van der Waals surface area contributed by atoms with Crippen molar-refractivity contribution in [2.75, 3.05) is 7.11 Å². The maximum Gasteiger partial charge on any atom is 0.337 e. The molecule has 14 heteroatoms. The van der Waals surface area contributed by atoms with Crippen LogP contribution in [-0.2, 0) is 38.1 Å². The molecule has 6 N–H and O–H groups in total. The van der Waals surface area contributed by atoms with E-state index in [1.54, 1.807) is 0 Å². The number of allylic oxidation sites excluding steroid dienone is 2. The molecule has 6 rings (SSSR count). The largest absolute Gasteiger partial charge is 0.504 e. The van der Waals surface area contributed by atoms with Crippen LogP contribution in [-0.4, -0.2) is 123 Å². The Morgan fingerprint density at radius 3 is 2.19 bits per heavy atom. The molecule has 2 heterocycles. The average molecular weight is 767 g/mol. The zero-order chi connectivity index (χ0) is 39.6. The monoisotopic (exact) mass is 766 g/mol. The van der Waals surface area contributed by atoms with Crippen molar-refractivity contribution in [3.05, 3.63) is 11.3 Å². The average Bonchev–Trinajstić information content (AvgIpc) is 3.32. The predicted octanol–water partition coefficient (Wildman–Crippen LogP) is 2.49. The minimum absolute atomic E-state index is 0.100. The molecule has 0 aromatic rings. The van der Waals surface area contributed by atoms with Crippen LogP contribution in [0.15, 0.2) is 11.3 Å². The van der Waals surface area contributed by atoms with Gasteiger partial charge >= 0.3 is 5.97 Å². The first-order chi connectivity index (χ1) is 25.3. The van der Waals surface area contributed by atoms with Gasteiger partial charge in [-0.15, -0.1) is 0 Å². The minimum atomic E-state index is -1.74. The molecule has 0 radical (unpaired) electrons. The third-order valence-corrected chi connectivity index (χ3v) is 14.2. The number of esters is 1. The second-order valence-electron chi connectivity index (χ2n) is 18.1. The van der Waals surface area contributed by atoms with E-state index in [4.69, 9.17) is 23.7 Å². The molecule has 2 saturated heterocycles. The van der Waals surface area contributed by atoms with Crippen LogP contribution in [0.1, 0.15) is 99.3 Å². The van der Waals surface area contributed by atoms with Crippen molar-refractivity contribution in [2.45, 2.75) is 167 Å². The van der Waals surface area contributed by atoms with Crippen molar-refractivity contribution in [1.82, 2.24) is 0 Å². The summed E-state index contributed by atoms with van der Waals surface area (Å²) in [5, 5.41) is 64.5. The topological polar surface area (TPSA) is 219 Å². The van der Waals surface area contributed by atoms with Crippen LogP contribution in [0.25, 0.3) is 0 Å². The third kappa shape index (κ3) is 7.21. The van der Waals surface area contributed by atoms with Gasteiger partial charge in [-0.05, 0) is 92.4 Å². The summed E-state index contributed by atoms with van der Waals surface area (Å²) in [7, 11) is 1.13. The number of rotatable bonds is 10. The van der Waals surface area contributed by atoms with E-state index in [0.29, 0.717) is 25.7 Å². The Balaban J connectivity index is 1.11. The fourth-order valence-corrected chi connectivity index (χ4v) is 11.5. The lowest BCUT2D eigenvalue weighted by molar-refractivity contribution is -0.356. The van der Waals surface area contributed by atoms with Crippen molar-refractivity contribution in [2.24, 2.45) is 46.3 Å². The van der Waals surface area contributed by atoms with E-state index < -0.39 is 72.8 Å². The fraction of sp³-hybridized carbons (Fsp3) is 0.875. The molecule has 3 saturated carbocycles. The SMILES string of the molecule is COC(=O)[C@H]1O[C@@H](O[C@H]2CC[C@@]3(C)[C@@H](CC[C@H]4[C@H]5C(=O)C(O)=C([C@H](C)CC(=O)CC(C)C)[C@@]5(C)CC[C@@H]43)C2)[C@H](O)[C@@H](O)[C@@H]1O[C@@H]1O[C@@H](C)[C@H](O)[C@@H](O)[C@H]1O.